The second-order valence-electron chi connectivity index (χ2n) is 18.3. The Bertz CT molecular complexity index is 4540. The van der Waals surface area contributed by atoms with E-state index in [2.05, 4.69) is 127 Å². The first kappa shape index (κ1) is 41.4. The normalized spacial score (nSPS) is 11.8. The summed E-state index contributed by atoms with van der Waals surface area (Å²) in [4.78, 5) is 35.8. The van der Waals surface area contributed by atoms with Crippen LogP contribution in [0.3, 0.4) is 0 Å². The molecule has 11 heteroatoms. The van der Waals surface area contributed by atoms with Crippen LogP contribution < -0.4 is 0 Å². The van der Waals surface area contributed by atoms with Crippen molar-refractivity contribution in [3.05, 3.63) is 237 Å². The molecule has 0 aliphatic carbocycles. The van der Waals surface area contributed by atoms with Crippen molar-refractivity contribution in [3.8, 4) is 79.7 Å². The van der Waals surface area contributed by atoms with Gasteiger partial charge in [0.25, 0.3) is 0 Å². The molecule has 74 heavy (non-hydrogen) atoms. The number of nitrogens with zero attached hydrogens (tertiary/aromatic N) is 11. The maximum atomic E-state index is 5.20. The van der Waals surface area contributed by atoms with Crippen LogP contribution in [0.25, 0.3) is 135 Å². The molecule has 6 aromatic heterocycles. The molecule has 0 amide bonds. The van der Waals surface area contributed by atoms with Crippen LogP contribution in [-0.4, -0.2) is 52.8 Å². The van der Waals surface area contributed by atoms with Gasteiger partial charge in [0.15, 0.2) is 34.9 Å². The number of benzene rings is 9. The number of fused-ring (bicyclic) bond motifs is 10. The Kier molecular flexibility index (Phi) is 9.29. The molecule has 0 N–H and O–H groups in total. The van der Waals surface area contributed by atoms with Gasteiger partial charge in [0, 0.05) is 44.5 Å². The minimum absolute atomic E-state index is 0.572. The molecule has 0 aliphatic rings. The van der Waals surface area contributed by atoms with Crippen molar-refractivity contribution in [1.82, 2.24) is 52.8 Å². The SMILES string of the molecule is c1ccc(-c2nc(-c3ccccc3)nc(-c3ccc4cc5n(-c6cccc(-n7c8ccccc8n8c9ccccc9nc78)c6)c6ccc(-c7nc(-c8ccccc8)nc(-c8ccccc8)n7)cc6n5c4c3)n2)cc1. The topological polar surface area (TPSA) is 109 Å². The van der Waals surface area contributed by atoms with Gasteiger partial charge in [-0.15, -0.1) is 0 Å². The molecular formula is C63H39N11. The first-order chi connectivity index (χ1) is 36.7. The quantitative estimate of drug-likeness (QED) is 0.149. The van der Waals surface area contributed by atoms with E-state index in [0.29, 0.717) is 34.9 Å². The molecule has 9 aromatic carbocycles. The summed E-state index contributed by atoms with van der Waals surface area (Å²) in [6.07, 6.45) is 0. The van der Waals surface area contributed by atoms with Crippen LogP contribution in [0.1, 0.15) is 0 Å². The fraction of sp³-hybridized carbons (Fsp3) is 0. The van der Waals surface area contributed by atoms with Crippen LogP contribution in [0.15, 0.2) is 237 Å². The zero-order chi connectivity index (χ0) is 48.7. The molecule has 346 valence electrons. The van der Waals surface area contributed by atoms with Crippen molar-refractivity contribution < 1.29 is 0 Å². The number of para-hydroxylation sites is 4. The number of hydrogen-bond acceptors (Lipinski definition) is 7. The molecule has 0 bridgehead atoms. The summed E-state index contributed by atoms with van der Waals surface area (Å²) >= 11 is 0. The Morgan fingerprint density at radius 1 is 0.243 bits per heavy atom. The number of imidazole rings is 3. The Hall–Kier alpha value is -10.4. The van der Waals surface area contributed by atoms with Crippen molar-refractivity contribution in [3.63, 3.8) is 0 Å². The summed E-state index contributed by atoms with van der Waals surface area (Å²) in [6.45, 7) is 0. The van der Waals surface area contributed by atoms with E-state index in [4.69, 9.17) is 34.9 Å². The van der Waals surface area contributed by atoms with Gasteiger partial charge in [0.2, 0.25) is 5.78 Å². The third kappa shape index (κ3) is 6.71. The average Bonchev–Trinajstić information content (AvgIpc) is 4.23. The fourth-order valence-electron chi connectivity index (χ4n) is 10.4. The molecule has 0 atom stereocenters. The first-order valence-corrected chi connectivity index (χ1v) is 24.5. The highest BCUT2D eigenvalue weighted by atomic mass is 15.2. The van der Waals surface area contributed by atoms with Crippen molar-refractivity contribution in [2.45, 2.75) is 0 Å². The van der Waals surface area contributed by atoms with Gasteiger partial charge in [-0.05, 0) is 72.8 Å². The molecule has 15 aromatic rings. The van der Waals surface area contributed by atoms with Gasteiger partial charge in [-0.25, -0.2) is 34.9 Å². The molecule has 0 fully saturated rings. The second-order valence-corrected chi connectivity index (χ2v) is 18.3. The van der Waals surface area contributed by atoms with Crippen LogP contribution in [0.2, 0.25) is 0 Å². The lowest BCUT2D eigenvalue weighted by molar-refractivity contribution is 1.07. The Balaban J connectivity index is 0.972. The highest BCUT2D eigenvalue weighted by Gasteiger charge is 2.22. The Morgan fingerprint density at radius 3 is 1.23 bits per heavy atom. The van der Waals surface area contributed by atoms with Gasteiger partial charge >= 0.3 is 0 Å². The summed E-state index contributed by atoms with van der Waals surface area (Å²) < 4.78 is 9.20. The lowest BCUT2D eigenvalue weighted by Crippen LogP contribution is -2.00. The standard InChI is InChI=1S/C63H39N11/c1-5-18-40(19-6-1)57-65-58(41-20-7-2-8-21-41)68-61(67-57)45-33-32-44-38-56-71(47-26-17-27-48(39-47)72-51-30-15-16-31-52(51)74-50-29-14-13-28-49(50)64-63(72)74)53-35-34-46(37-55(53)73(56)54(44)36-45)62-69-59(42-22-9-3-10-23-42)66-60(70-62)43-24-11-4-12-25-43/h1-39H. The van der Waals surface area contributed by atoms with Crippen molar-refractivity contribution >= 4 is 55.4 Å². The van der Waals surface area contributed by atoms with E-state index in [1.165, 1.54) is 0 Å². The van der Waals surface area contributed by atoms with Gasteiger partial charge in [-0.2, -0.15) is 0 Å². The van der Waals surface area contributed by atoms with Gasteiger partial charge in [0.05, 0.1) is 44.3 Å². The molecule has 15 rings (SSSR count). The molecule has 0 radical (unpaired) electrons. The number of hydrogen-bond donors (Lipinski definition) is 0. The van der Waals surface area contributed by atoms with E-state index in [9.17, 15) is 0 Å². The lowest BCUT2D eigenvalue weighted by atomic mass is 10.1. The number of rotatable bonds is 8. The molecule has 6 heterocycles. The Morgan fingerprint density at radius 2 is 0.676 bits per heavy atom. The Labute approximate surface area is 422 Å². The van der Waals surface area contributed by atoms with Gasteiger partial charge < -0.3 is 0 Å². The van der Waals surface area contributed by atoms with Crippen molar-refractivity contribution in [2.75, 3.05) is 0 Å². The fourth-order valence-corrected chi connectivity index (χ4v) is 10.4. The van der Waals surface area contributed by atoms with Gasteiger partial charge in [-0.3, -0.25) is 17.9 Å². The van der Waals surface area contributed by atoms with Crippen LogP contribution in [-0.2, 0) is 0 Å². The molecular weight excluding hydrogens is 911 g/mol. The largest absolute Gasteiger partial charge is 0.294 e. The summed E-state index contributed by atoms with van der Waals surface area (Å²) in [7, 11) is 0. The highest BCUT2D eigenvalue weighted by Crippen LogP contribution is 2.38. The molecule has 11 nitrogen and oxygen atoms in total. The molecule has 0 aliphatic heterocycles. The third-order valence-electron chi connectivity index (χ3n) is 13.8. The zero-order valence-electron chi connectivity index (χ0n) is 39.4. The van der Waals surface area contributed by atoms with Gasteiger partial charge in [-0.1, -0.05) is 164 Å². The molecule has 0 saturated carbocycles. The van der Waals surface area contributed by atoms with Crippen LogP contribution in [0, 0.1) is 0 Å². The molecule has 0 unspecified atom stereocenters. The van der Waals surface area contributed by atoms with E-state index < -0.39 is 0 Å². The van der Waals surface area contributed by atoms with Crippen LogP contribution in [0.5, 0.6) is 0 Å². The molecule has 0 saturated heterocycles. The average molecular weight is 950 g/mol. The van der Waals surface area contributed by atoms with E-state index in [-0.39, 0.29) is 0 Å². The number of aromatic nitrogens is 11. The molecule has 0 spiro atoms. The summed E-state index contributed by atoms with van der Waals surface area (Å²) in [5, 5.41) is 1.06. The predicted molar refractivity (Wildman–Crippen MR) is 294 cm³/mol. The lowest BCUT2D eigenvalue weighted by Gasteiger charge is -2.11. The minimum atomic E-state index is 0.572. The van der Waals surface area contributed by atoms with E-state index in [0.717, 1.165) is 100 Å². The van der Waals surface area contributed by atoms with Crippen molar-refractivity contribution in [1.29, 1.82) is 0 Å². The third-order valence-corrected chi connectivity index (χ3v) is 13.8. The maximum Gasteiger partial charge on any atom is 0.220 e. The minimum Gasteiger partial charge on any atom is -0.294 e. The van der Waals surface area contributed by atoms with Crippen molar-refractivity contribution in [2.24, 2.45) is 0 Å². The van der Waals surface area contributed by atoms with Crippen LogP contribution in [0.4, 0.5) is 0 Å². The first-order valence-electron chi connectivity index (χ1n) is 24.5. The zero-order valence-corrected chi connectivity index (χ0v) is 39.4. The van der Waals surface area contributed by atoms with Crippen LogP contribution >= 0.6 is 0 Å². The predicted octanol–water partition coefficient (Wildman–Crippen LogP) is 14.2. The van der Waals surface area contributed by atoms with E-state index in [1.54, 1.807) is 0 Å². The highest BCUT2D eigenvalue weighted by molar-refractivity contribution is 5.99. The summed E-state index contributed by atoms with van der Waals surface area (Å²) in [5.74, 6) is 4.42. The van der Waals surface area contributed by atoms with E-state index >= 15 is 0 Å². The monoisotopic (exact) mass is 949 g/mol. The smallest absolute Gasteiger partial charge is 0.220 e. The maximum absolute atomic E-state index is 5.20. The van der Waals surface area contributed by atoms with Gasteiger partial charge in [0.1, 0.15) is 5.65 Å². The summed E-state index contributed by atoms with van der Waals surface area (Å²) in [6, 6.07) is 81.1. The second kappa shape index (κ2) is 16.6. The summed E-state index contributed by atoms with van der Waals surface area (Å²) in [5.41, 5.74) is 15.4. The van der Waals surface area contributed by atoms with E-state index in [1.807, 2.05) is 127 Å².